The first-order valence-electron chi connectivity index (χ1n) is 16.0. The molecule has 7 atom stereocenters. The Hall–Kier alpha value is -2.93. The van der Waals surface area contributed by atoms with Gasteiger partial charge in [-0.3, -0.25) is 0 Å². The van der Waals surface area contributed by atoms with Gasteiger partial charge in [-0.05, 0) is 0 Å². The number of benzene rings is 4. The summed E-state index contributed by atoms with van der Waals surface area (Å²) in [6.45, 7) is 1.14. The van der Waals surface area contributed by atoms with Crippen molar-refractivity contribution in [2.24, 2.45) is 0 Å². The molecule has 2 saturated heterocycles. The fraction of sp³-hybridized carbons (Fsp3) is 0.351. The molecule has 6 rings (SSSR count). The van der Waals surface area contributed by atoms with E-state index in [4.69, 9.17) is 27.9 Å². The molecule has 0 amide bonds. The molecule has 3 unspecified atom stereocenters. The molecule has 0 radical (unpaired) electrons. The summed E-state index contributed by atoms with van der Waals surface area (Å²) < 4.78 is 72.3. The van der Waals surface area contributed by atoms with Crippen molar-refractivity contribution in [1.82, 2.24) is 0 Å². The minimum absolute atomic E-state index is 0.0880. The fourth-order valence-corrected chi connectivity index (χ4v) is 12.0. The van der Waals surface area contributed by atoms with Gasteiger partial charge in [0.1, 0.15) is 0 Å². The van der Waals surface area contributed by atoms with Crippen LogP contribution >= 0.6 is 0 Å². The summed E-state index contributed by atoms with van der Waals surface area (Å²) >= 11 is -1.64. The maximum atomic E-state index is 11.7. The Labute approximate surface area is 286 Å². The summed E-state index contributed by atoms with van der Waals surface area (Å²) in [7, 11) is -4.99. The van der Waals surface area contributed by atoms with Crippen LogP contribution in [0.15, 0.2) is 121 Å². The van der Waals surface area contributed by atoms with Crippen LogP contribution < -0.4 is 0 Å². The Morgan fingerprint density at radius 3 is 1.58 bits per heavy atom. The van der Waals surface area contributed by atoms with E-state index in [2.05, 4.69) is 0 Å². The first kappa shape index (κ1) is 34.9. The van der Waals surface area contributed by atoms with Gasteiger partial charge in [0.15, 0.2) is 0 Å². The van der Waals surface area contributed by atoms with Crippen molar-refractivity contribution in [1.29, 1.82) is 0 Å². The average molecular weight is 740 g/mol. The molecule has 4 aromatic rings. The van der Waals surface area contributed by atoms with Crippen molar-refractivity contribution in [3.63, 3.8) is 0 Å². The van der Waals surface area contributed by atoms with Crippen LogP contribution in [0, 0.1) is 0 Å². The van der Waals surface area contributed by atoms with E-state index in [1.54, 1.807) is 0 Å². The van der Waals surface area contributed by atoms with Gasteiger partial charge in [0.25, 0.3) is 0 Å². The van der Waals surface area contributed by atoms with E-state index in [1.165, 1.54) is 0 Å². The summed E-state index contributed by atoms with van der Waals surface area (Å²) in [4.78, 5) is 0. The number of rotatable bonds is 14. The molecular weight excluding hydrogens is 699 g/mol. The molecule has 9 nitrogen and oxygen atoms in total. The Morgan fingerprint density at radius 2 is 1.10 bits per heavy atom. The standard InChI is InChI=1S/C37H40O9SSe/c38-47(39,40)46-32-24-44-37(31-19-11-4-12-20-31)45-33(32)25-48-26-34(41-21-28-13-5-1-6-14-28)36(43-23-30-17-9-3-10-18-30)35(27-48)42-22-29-15-7-2-8-16-29/h1-20,32-37H,21-27H2/t32-,33+,34-,35+,36?,37?,48?/m0/s1. The molecule has 11 heteroatoms. The van der Waals surface area contributed by atoms with Gasteiger partial charge in [-0.15, -0.1) is 0 Å². The third-order valence-electron chi connectivity index (χ3n) is 8.27. The molecule has 0 spiro atoms. The SMILES string of the molecule is O=S(=O)([O-])O[C@H]1COC(c2ccccc2)O[C@@H]1C[Se+]1C[C@H](OCc2ccccc2)C(OCc2ccccc2)[C@H](OCc2ccccc2)C1. The fourth-order valence-electron chi connectivity index (χ4n) is 5.90. The van der Waals surface area contributed by atoms with Gasteiger partial charge in [-0.1, -0.05) is 0 Å². The first-order valence-corrected chi connectivity index (χ1v) is 20.9. The molecule has 0 N–H and O–H groups in total. The van der Waals surface area contributed by atoms with Gasteiger partial charge in [-0.25, -0.2) is 0 Å². The molecule has 254 valence electrons. The number of ether oxygens (including phenoxy) is 5. The van der Waals surface area contributed by atoms with Gasteiger partial charge < -0.3 is 0 Å². The van der Waals surface area contributed by atoms with Crippen LogP contribution in [0.5, 0.6) is 0 Å². The number of hydrogen-bond acceptors (Lipinski definition) is 9. The van der Waals surface area contributed by atoms with Gasteiger partial charge in [-0.2, -0.15) is 0 Å². The Balaban J connectivity index is 1.25. The van der Waals surface area contributed by atoms with Crippen molar-refractivity contribution in [2.45, 2.75) is 72.6 Å². The number of hydrogen-bond donors (Lipinski definition) is 0. The second-order valence-electron chi connectivity index (χ2n) is 11.8. The topological polar surface area (TPSA) is 113 Å². The molecule has 0 bridgehead atoms. The zero-order valence-electron chi connectivity index (χ0n) is 26.5. The van der Waals surface area contributed by atoms with Gasteiger partial charge in [0.2, 0.25) is 0 Å². The summed E-state index contributed by atoms with van der Waals surface area (Å²) in [5.74, 6) is 0. The third kappa shape index (κ3) is 10.3. The molecule has 2 aliphatic heterocycles. The predicted molar refractivity (Wildman–Crippen MR) is 180 cm³/mol. The quantitative estimate of drug-likeness (QED) is 0.0847. The normalized spacial score (nSPS) is 26.2. The van der Waals surface area contributed by atoms with Crippen LogP contribution in [0.1, 0.15) is 28.5 Å². The van der Waals surface area contributed by atoms with E-state index >= 15 is 0 Å². The summed E-state index contributed by atoms with van der Waals surface area (Å²) in [5.41, 5.74) is 3.96. The van der Waals surface area contributed by atoms with Crippen molar-refractivity contribution in [2.75, 3.05) is 6.61 Å². The Morgan fingerprint density at radius 1 is 0.646 bits per heavy atom. The Bertz CT molecular complexity index is 1580. The van der Waals surface area contributed by atoms with Crippen LogP contribution in [0.4, 0.5) is 0 Å². The van der Waals surface area contributed by atoms with E-state index in [0.29, 0.717) is 25.1 Å². The van der Waals surface area contributed by atoms with Gasteiger partial charge in [0, 0.05) is 0 Å². The molecule has 2 heterocycles. The maximum absolute atomic E-state index is 11.7. The Kier molecular flexibility index (Phi) is 12.5. The second-order valence-corrected chi connectivity index (χ2v) is 17.5. The van der Waals surface area contributed by atoms with Crippen molar-refractivity contribution < 1.29 is 40.8 Å². The average Bonchev–Trinajstić information content (AvgIpc) is 3.11. The van der Waals surface area contributed by atoms with Gasteiger partial charge in [0.05, 0.1) is 0 Å². The van der Waals surface area contributed by atoms with Gasteiger partial charge >= 0.3 is 288 Å². The molecule has 48 heavy (non-hydrogen) atoms. The van der Waals surface area contributed by atoms with Crippen molar-refractivity contribution in [3.05, 3.63) is 144 Å². The molecular formula is C37H40O9SSe. The van der Waals surface area contributed by atoms with E-state index < -0.39 is 42.8 Å². The van der Waals surface area contributed by atoms with Crippen LogP contribution in [-0.4, -0.2) is 64.0 Å². The van der Waals surface area contributed by atoms with Crippen LogP contribution in [-0.2, 0) is 58.1 Å². The predicted octanol–water partition coefficient (Wildman–Crippen LogP) is 6.21. The monoisotopic (exact) mass is 740 g/mol. The zero-order chi connectivity index (χ0) is 33.2. The third-order valence-corrected chi connectivity index (χ3v) is 13.8. The molecule has 4 aromatic carbocycles. The summed E-state index contributed by atoms with van der Waals surface area (Å²) in [5, 5.41) is 1.98. The van der Waals surface area contributed by atoms with Crippen molar-refractivity contribution >= 4 is 24.3 Å². The molecule has 2 fully saturated rings. The van der Waals surface area contributed by atoms with E-state index in [1.807, 2.05) is 121 Å². The second kappa shape index (κ2) is 17.1. The van der Waals surface area contributed by atoms with Crippen molar-refractivity contribution in [3.8, 4) is 0 Å². The molecule has 0 aliphatic carbocycles. The molecule has 0 saturated carbocycles. The minimum atomic E-state index is -4.99. The van der Waals surface area contributed by atoms with E-state index in [0.717, 1.165) is 32.9 Å². The van der Waals surface area contributed by atoms with Crippen LogP contribution in [0.25, 0.3) is 0 Å². The summed E-state index contributed by atoms with van der Waals surface area (Å²) in [6, 6.07) is 39.5. The van der Waals surface area contributed by atoms with Crippen LogP contribution in [0.2, 0.25) is 16.0 Å². The van der Waals surface area contributed by atoms with E-state index in [9.17, 15) is 13.0 Å². The zero-order valence-corrected chi connectivity index (χ0v) is 29.0. The molecule has 2 aliphatic rings. The van der Waals surface area contributed by atoms with Crippen LogP contribution in [0.3, 0.4) is 0 Å². The molecule has 0 aromatic heterocycles. The van der Waals surface area contributed by atoms with E-state index in [-0.39, 0.29) is 24.9 Å². The first-order chi connectivity index (χ1) is 23.4. The summed E-state index contributed by atoms with van der Waals surface area (Å²) in [6.07, 6.45) is -3.38.